The predicted molar refractivity (Wildman–Crippen MR) is 73.5 cm³/mol. The average Bonchev–Trinajstić information content (AvgIpc) is 2.80. The standard InChI is InChI=1S/C13H19N3O2S/c1-9(2)7-10-13(18)16(5-3-11(17)15-10)8-12-14-4-6-19-12/h4,6,9-10H,3,5,7-8H2,1-2H3,(H,15,17). The summed E-state index contributed by atoms with van der Waals surface area (Å²) >= 11 is 1.53. The van der Waals surface area contributed by atoms with Gasteiger partial charge in [0.15, 0.2) is 0 Å². The van der Waals surface area contributed by atoms with E-state index in [9.17, 15) is 9.59 Å². The van der Waals surface area contributed by atoms with Crippen LogP contribution in [0.1, 0.15) is 31.7 Å². The summed E-state index contributed by atoms with van der Waals surface area (Å²) in [5.41, 5.74) is 0. The fourth-order valence-corrected chi connectivity index (χ4v) is 2.81. The van der Waals surface area contributed by atoms with Crippen molar-refractivity contribution in [2.24, 2.45) is 5.92 Å². The van der Waals surface area contributed by atoms with Gasteiger partial charge < -0.3 is 10.2 Å². The van der Waals surface area contributed by atoms with Crippen LogP contribution in [0.15, 0.2) is 11.6 Å². The van der Waals surface area contributed by atoms with E-state index in [-0.39, 0.29) is 11.8 Å². The fraction of sp³-hybridized carbons (Fsp3) is 0.615. The van der Waals surface area contributed by atoms with Gasteiger partial charge in [-0.25, -0.2) is 4.98 Å². The molecular weight excluding hydrogens is 262 g/mol. The Morgan fingerprint density at radius 2 is 2.32 bits per heavy atom. The van der Waals surface area contributed by atoms with Gasteiger partial charge in [0.1, 0.15) is 11.0 Å². The highest BCUT2D eigenvalue weighted by Crippen LogP contribution is 2.15. The number of carbonyl (C=O) groups excluding carboxylic acids is 2. The first-order valence-corrected chi connectivity index (χ1v) is 7.40. The second-order valence-electron chi connectivity index (χ2n) is 5.19. The molecule has 1 aliphatic heterocycles. The third kappa shape index (κ3) is 3.76. The van der Waals surface area contributed by atoms with Gasteiger partial charge in [0, 0.05) is 24.5 Å². The van der Waals surface area contributed by atoms with Gasteiger partial charge in [0.05, 0.1) is 6.54 Å². The van der Waals surface area contributed by atoms with Gasteiger partial charge in [-0.2, -0.15) is 0 Å². The topological polar surface area (TPSA) is 62.3 Å². The zero-order chi connectivity index (χ0) is 13.8. The molecule has 6 heteroatoms. The van der Waals surface area contributed by atoms with Crippen LogP contribution in [0.25, 0.3) is 0 Å². The van der Waals surface area contributed by atoms with Crippen molar-refractivity contribution in [2.45, 2.75) is 39.3 Å². The number of rotatable bonds is 4. The summed E-state index contributed by atoms with van der Waals surface area (Å²) < 4.78 is 0. The summed E-state index contributed by atoms with van der Waals surface area (Å²) in [5.74, 6) is 0.337. The largest absolute Gasteiger partial charge is 0.344 e. The molecule has 1 fully saturated rings. The van der Waals surface area contributed by atoms with Crippen molar-refractivity contribution in [2.75, 3.05) is 6.54 Å². The average molecular weight is 281 g/mol. The van der Waals surface area contributed by atoms with Gasteiger partial charge in [-0.15, -0.1) is 11.3 Å². The summed E-state index contributed by atoms with van der Waals surface area (Å²) in [6.45, 7) is 5.07. The van der Waals surface area contributed by atoms with Crippen LogP contribution in [0.2, 0.25) is 0 Å². The van der Waals surface area contributed by atoms with Crippen molar-refractivity contribution < 1.29 is 9.59 Å². The Bertz CT molecular complexity index is 445. The zero-order valence-corrected chi connectivity index (χ0v) is 12.1. The number of hydrogen-bond acceptors (Lipinski definition) is 4. The van der Waals surface area contributed by atoms with E-state index in [4.69, 9.17) is 0 Å². The first-order chi connectivity index (χ1) is 9.06. The van der Waals surface area contributed by atoms with Crippen molar-refractivity contribution in [1.29, 1.82) is 0 Å². The van der Waals surface area contributed by atoms with Crippen LogP contribution in [0.4, 0.5) is 0 Å². The lowest BCUT2D eigenvalue weighted by Crippen LogP contribution is -2.45. The molecule has 1 N–H and O–H groups in total. The lowest BCUT2D eigenvalue weighted by Gasteiger charge is -2.24. The first-order valence-electron chi connectivity index (χ1n) is 6.52. The summed E-state index contributed by atoms with van der Waals surface area (Å²) in [5, 5.41) is 5.63. The van der Waals surface area contributed by atoms with Crippen LogP contribution in [-0.2, 0) is 16.1 Å². The quantitative estimate of drug-likeness (QED) is 0.907. The van der Waals surface area contributed by atoms with Crippen LogP contribution >= 0.6 is 11.3 Å². The molecular formula is C13H19N3O2S. The summed E-state index contributed by atoms with van der Waals surface area (Å²) in [7, 11) is 0. The molecule has 1 aromatic rings. The van der Waals surface area contributed by atoms with Gasteiger partial charge in [-0.05, 0) is 12.3 Å². The molecule has 104 valence electrons. The Morgan fingerprint density at radius 1 is 1.53 bits per heavy atom. The molecule has 0 aromatic carbocycles. The maximum absolute atomic E-state index is 12.4. The second-order valence-corrected chi connectivity index (χ2v) is 6.16. The van der Waals surface area contributed by atoms with Gasteiger partial charge in [0.2, 0.25) is 11.8 Å². The van der Waals surface area contributed by atoms with E-state index in [0.29, 0.717) is 31.8 Å². The van der Waals surface area contributed by atoms with E-state index in [0.717, 1.165) is 5.01 Å². The molecule has 0 spiro atoms. The minimum absolute atomic E-state index is 0.00903. The van der Waals surface area contributed by atoms with Crippen molar-refractivity contribution >= 4 is 23.2 Å². The highest BCUT2D eigenvalue weighted by molar-refractivity contribution is 7.09. The normalized spacial score (nSPS) is 20.6. The van der Waals surface area contributed by atoms with Gasteiger partial charge in [-0.1, -0.05) is 13.8 Å². The molecule has 1 aromatic heterocycles. The Kier molecular flexibility index (Phi) is 4.52. The molecule has 2 amide bonds. The van der Waals surface area contributed by atoms with E-state index in [2.05, 4.69) is 24.1 Å². The van der Waals surface area contributed by atoms with Gasteiger partial charge in [0.25, 0.3) is 0 Å². The van der Waals surface area contributed by atoms with Gasteiger partial charge in [-0.3, -0.25) is 9.59 Å². The Morgan fingerprint density at radius 3 is 2.95 bits per heavy atom. The molecule has 0 saturated carbocycles. The lowest BCUT2D eigenvalue weighted by molar-refractivity contribution is -0.134. The predicted octanol–water partition coefficient (Wildman–Crippen LogP) is 1.41. The van der Waals surface area contributed by atoms with E-state index in [1.54, 1.807) is 11.1 Å². The minimum atomic E-state index is -0.394. The van der Waals surface area contributed by atoms with E-state index in [1.165, 1.54) is 11.3 Å². The Labute approximate surface area is 117 Å². The molecule has 0 bridgehead atoms. The van der Waals surface area contributed by atoms with E-state index in [1.807, 2.05) is 5.38 Å². The number of amides is 2. The number of nitrogens with zero attached hydrogens (tertiary/aromatic N) is 2. The van der Waals surface area contributed by atoms with Crippen molar-refractivity contribution in [1.82, 2.24) is 15.2 Å². The van der Waals surface area contributed by atoms with Crippen LogP contribution in [-0.4, -0.2) is 34.3 Å². The Hall–Kier alpha value is -1.43. The molecule has 2 heterocycles. The fourth-order valence-electron chi connectivity index (χ4n) is 2.18. The molecule has 2 rings (SSSR count). The van der Waals surface area contributed by atoms with Crippen molar-refractivity contribution in [3.63, 3.8) is 0 Å². The molecule has 1 aliphatic rings. The zero-order valence-electron chi connectivity index (χ0n) is 11.3. The molecule has 0 radical (unpaired) electrons. The van der Waals surface area contributed by atoms with Gasteiger partial charge >= 0.3 is 0 Å². The van der Waals surface area contributed by atoms with Crippen LogP contribution < -0.4 is 5.32 Å². The number of hydrogen-bond donors (Lipinski definition) is 1. The second kappa shape index (κ2) is 6.14. The molecule has 1 saturated heterocycles. The number of nitrogens with one attached hydrogen (secondary N) is 1. The monoisotopic (exact) mass is 281 g/mol. The number of aromatic nitrogens is 1. The lowest BCUT2D eigenvalue weighted by atomic mass is 10.0. The number of carbonyl (C=O) groups is 2. The SMILES string of the molecule is CC(C)CC1NC(=O)CCN(Cc2nccs2)C1=O. The summed E-state index contributed by atoms with van der Waals surface area (Å²) in [4.78, 5) is 30.0. The number of thiazole rings is 1. The van der Waals surface area contributed by atoms with E-state index < -0.39 is 6.04 Å². The minimum Gasteiger partial charge on any atom is -0.344 e. The highest BCUT2D eigenvalue weighted by atomic mass is 32.1. The molecule has 19 heavy (non-hydrogen) atoms. The summed E-state index contributed by atoms with van der Waals surface area (Å²) in [6.07, 6.45) is 2.78. The van der Waals surface area contributed by atoms with E-state index >= 15 is 0 Å². The Balaban J connectivity index is 2.09. The molecule has 1 atom stereocenters. The van der Waals surface area contributed by atoms with Crippen LogP contribution in [0, 0.1) is 5.92 Å². The van der Waals surface area contributed by atoms with Crippen LogP contribution in [0.5, 0.6) is 0 Å². The molecule has 1 unspecified atom stereocenters. The van der Waals surface area contributed by atoms with Crippen LogP contribution in [0.3, 0.4) is 0 Å². The third-order valence-corrected chi connectivity index (χ3v) is 3.83. The maximum Gasteiger partial charge on any atom is 0.245 e. The smallest absolute Gasteiger partial charge is 0.245 e. The third-order valence-electron chi connectivity index (χ3n) is 3.07. The summed E-state index contributed by atoms with van der Waals surface area (Å²) in [6, 6.07) is -0.394. The highest BCUT2D eigenvalue weighted by Gasteiger charge is 2.30. The first kappa shape index (κ1) is 14.0. The molecule has 5 nitrogen and oxygen atoms in total. The van der Waals surface area contributed by atoms with Crippen molar-refractivity contribution in [3.8, 4) is 0 Å². The maximum atomic E-state index is 12.4. The van der Waals surface area contributed by atoms with Crippen molar-refractivity contribution in [3.05, 3.63) is 16.6 Å². The molecule has 0 aliphatic carbocycles.